The summed E-state index contributed by atoms with van der Waals surface area (Å²) in [6.07, 6.45) is 0. The number of nitrogens with one attached hydrogen (secondary N) is 1. The van der Waals surface area contributed by atoms with Gasteiger partial charge < -0.3 is 24.4 Å². The molecule has 0 fully saturated rings. The highest BCUT2D eigenvalue weighted by Gasteiger charge is 2.39. The molecule has 2 aliphatic heterocycles. The summed E-state index contributed by atoms with van der Waals surface area (Å²) in [4.78, 5) is 55.6. The number of carbonyl (C=O) groups excluding carboxylic acids is 4. The quantitative estimate of drug-likeness (QED) is 0.410. The largest absolute Gasteiger partial charge is 0.497 e. The lowest BCUT2D eigenvalue weighted by Gasteiger charge is -2.34. The third-order valence-electron chi connectivity index (χ3n) is 6.88. The van der Waals surface area contributed by atoms with Gasteiger partial charge in [-0.2, -0.15) is 0 Å². The number of carbonyl (C=O) groups is 4. The Balaban J connectivity index is 1.44. The van der Waals surface area contributed by atoms with Gasteiger partial charge in [-0.3, -0.25) is 24.1 Å². The smallest absolute Gasteiger partial charge is 0.299 e. The van der Waals surface area contributed by atoms with E-state index in [2.05, 4.69) is 5.32 Å². The number of Topliss-reactive ketones (excluding diaryl/α,β-unsaturated/α-hetero) is 1. The molecule has 1 unspecified atom stereocenters. The number of nitrogens with zero attached hydrogens (tertiary/aromatic N) is 2. The maximum atomic E-state index is 13.9. The van der Waals surface area contributed by atoms with Crippen LogP contribution >= 0.6 is 0 Å². The van der Waals surface area contributed by atoms with Gasteiger partial charge in [0, 0.05) is 18.3 Å². The molecular formula is C30H29N3O7. The average Bonchev–Trinajstić information content (AvgIpc) is 3.51. The summed E-state index contributed by atoms with van der Waals surface area (Å²) in [5, 5.41) is 2.89. The number of rotatable bonds is 9. The number of methoxy groups -OCH3 is 1. The Morgan fingerprint density at radius 3 is 2.45 bits per heavy atom. The first kappa shape index (κ1) is 26.7. The molecule has 5 rings (SSSR count). The van der Waals surface area contributed by atoms with Gasteiger partial charge in [0.2, 0.25) is 18.6 Å². The molecule has 40 heavy (non-hydrogen) atoms. The van der Waals surface area contributed by atoms with Crippen molar-refractivity contribution >= 4 is 34.9 Å². The lowest BCUT2D eigenvalue weighted by Crippen LogP contribution is -2.53. The van der Waals surface area contributed by atoms with Crippen LogP contribution in [0.5, 0.6) is 17.2 Å². The standard InChI is InChI=1S/C30H29N3O7/c1-18(2)27(29(36)31-20-10-13-24-25(14-20)40-17-39-24)33(15-19-8-11-21(38-3)12-9-19)26(34)16-32-23-7-5-4-6-22(23)28(35)30(32)37/h4-14,18,27H,15-17H2,1-3H3,(H,31,36). The second kappa shape index (κ2) is 11.1. The SMILES string of the molecule is COc1ccc(CN(C(=O)CN2C(=O)C(=O)c3ccccc32)C(C(=O)Nc2ccc3c(c2)OCO3)C(C)C)cc1. The van der Waals surface area contributed by atoms with Crippen molar-refractivity contribution in [2.45, 2.75) is 26.4 Å². The number of fused-ring (bicyclic) bond motifs is 2. The number of benzene rings is 3. The van der Waals surface area contributed by atoms with Crippen LogP contribution in [0.25, 0.3) is 0 Å². The zero-order valence-electron chi connectivity index (χ0n) is 22.4. The van der Waals surface area contributed by atoms with Gasteiger partial charge in [-0.1, -0.05) is 38.1 Å². The number of para-hydroxylation sites is 1. The van der Waals surface area contributed by atoms with Gasteiger partial charge in [-0.05, 0) is 47.9 Å². The fourth-order valence-corrected chi connectivity index (χ4v) is 4.90. The second-order valence-electron chi connectivity index (χ2n) is 9.85. The van der Waals surface area contributed by atoms with Gasteiger partial charge in [-0.25, -0.2) is 0 Å². The Labute approximate surface area is 231 Å². The lowest BCUT2D eigenvalue weighted by molar-refractivity contribution is -0.140. The van der Waals surface area contributed by atoms with Crippen molar-refractivity contribution in [3.63, 3.8) is 0 Å². The zero-order chi connectivity index (χ0) is 28.4. The topological polar surface area (TPSA) is 114 Å². The molecule has 0 saturated heterocycles. The van der Waals surface area contributed by atoms with Crippen molar-refractivity contribution in [3.8, 4) is 17.2 Å². The monoisotopic (exact) mass is 543 g/mol. The van der Waals surface area contributed by atoms with E-state index in [9.17, 15) is 19.2 Å². The maximum Gasteiger partial charge on any atom is 0.299 e. The van der Waals surface area contributed by atoms with E-state index in [0.29, 0.717) is 28.6 Å². The van der Waals surface area contributed by atoms with Gasteiger partial charge in [0.05, 0.1) is 18.4 Å². The molecule has 0 aromatic heterocycles. The van der Waals surface area contributed by atoms with Gasteiger partial charge in [-0.15, -0.1) is 0 Å². The highest BCUT2D eigenvalue weighted by Crippen LogP contribution is 2.34. The third-order valence-corrected chi connectivity index (χ3v) is 6.88. The van der Waals surface area contributed by atoms with Crippen molar-refractivity contribution in [1.29, 1.82) is 0 Å². The molecule has 3 aromatic rings. The van der Waals surface area contributed by atoms with E-state index in [1.165, 1.54) is 9.80 Å². The molecular weight excluding hydrogens is 514 g/mol. The molecule has 0 spiro atoms. The Bertz CT molecular complexity index is 1470. The number of ketones is 1. The third kappa shape index (κ3) is 5.20. The van der Waals surface area contributed by atoms with E-state index >= 15 is 0 Å². The summed E-state index contributed by atoms with van der Waals surface area (Å²) in [5.41, 5.74) is 1.88. The van der Waals surface area contributed by atoms with Crippen molar-refractivity contribution in [1.82, 2.24) is 4.90 Å². The molecule has 206 valence electrons. The Hall–Kier alpha value is -4.86. The Morgan fingerprint density at radius 1 is 1.00 bits per heavy atom. The first-order valence-electron chi connectivity index (χ1n) is 12.8. The predicted molar refractivity (Wildman–Crippen MR) is 146 cm³/mol. The number of hydrogen-bond donors (Lipinski definition) is 1. The van der Waals surface area contributed by atoms with E-state index in [1.54, 1.807) is 61.7 Å². The summed E-state index contributed by atoms with van der Waals surface area (Å²) >= 11 is 0. The van der Waals surface area contributed by atoms with Crippen LogP contribution < -0.4 is 24.4 Å². The van der Waals surface area contributed by atoms with E-state index in [4.69, 9.17) is 14.2 Å². The first-order valence-corrected chi connectivity index (χ1v) is 12.8. The number of ether oxygens (including phenoxy) is 3. The van der Waals surface area contributed by atoms with Gasteiger partial charge in [0.15, 0.2) is 11.5 Å². The number of anilines is 2. The van der Waals surface area contributed by atoms with Crippen LogP contribution in [0.1, 0.15) is 29.8 Å². The van der Waals surface area contributed by atoms with E-state index in [0.717, 1.165) is 5.56 Å². The second-order valence-corrected chi connectivity index (χ2v) is 9.85. The minimum absolute atomic E-state index is 0.0951. The van der Waals surface area contributed by atoms with Crippen LogP contribution in [-0.4, -0.2) is 54.9 Å². The highest BCUT2D eigenvalue weighted by molar-refractivity contribution is 6.52. The average molecular weight is 544 g/mol. The van der Waals surface area contributed by atoms with Crippen molar-refractivity contribution in [3.05, 3.63) is 77.9 Å². The van der Waals surface area contributed by atoms with Crippen LogP contribution in [0.2, 0.25) is 0 Å². The number of amides is 3. The van der Waals surface area contributed by atoms with Crippen LogP contribution in [0.4, 0.5) is 11.4 Å². The molecule has 1 N–H and O–H groups in total. The molecule has 0 saturated carbocycles. The summed E-state index contributed by atoms with van der Waals surface area (Å²) in [6, 6.07) is 17.9. The van der Waals surface area contributed by atoms with E-state index in [-0.39, 0.29) is 24.8 Å². The lowest BCUT2D eigenvalue weighted by atomic mass is 10.00. The van der Waals surface area contributed by atoms with Crippen molar-refractivity contribution < 1.29 is 33.4 Å². The molecule has 3 amide bonds. The molecule has 1 atom stereocenters. The molecule has 10 heteroatoms. The summed E-state index contributed by atoms with van der Waals surface area (Å²) in [5.74, 6) is -0.857. The summed E-state index contributed by atoms with van der Waals surface area (Å²) in [7, 11) is 1.56. The van der Waals surface area contributed by atoms with E-state index < -0.39 is 36.1 Å². The highest BCUT2D eigenvalue weighted by atomic mass is 16.7. The number of hydrogen-bond acceptors (Lipinski definition) is 7. The molecule has 0 radical (unpaired) electrons. The summed E-state index contributed by atoms with van der Waals surface area (Å²) < 4.78 is 16.0. The van der Waals surface area contributed by atoms with Gasteiger partial charge in [0.25, 0.3) is 11.7 Å². The van der Waals surface area contributed by atoms with Crippen molar-refractivity contribution in [2.75, 3.05) is 30.7 Å². The van der Waals surface area contributed by atoms with Crippen molar-refractivity contribution in [2.24, 2.45) is 5.92 Å². The van der Waals surface area contributed by atoms with Crippen LogP contribution in [0.15, 0.2) is 66.7 Å². The Kier molecular flexibility index (Phi) is 7.41. The molecule has 0 bridgehead atoms. The molecule has 0 aliphatic carbocycles. The predicted octanol–water partition coefficient (Wildman–Crippen LogP) is 3.65. The first-order chi connectivity index (χ1) is 19.3. The fourth-order valence-electron chi connectivity index (χ4n) is 4.90. The molecule has 2 heterocycles. The molecule has 10 nitrogen and oxygen atoms in total. The fraction of sp³-hybridized carbons (Fsp3) is 0.267. The van der Waals surface area contributed by atoms with Gasteiger partial charge in [0.1, 0.15) is 18.3 Å². The van der Waals surface area contributed by atoms with Crippen LogP contribution in [0.3, 0.4) is 0 Å². The minimum Gasteiger partial charge on any atom is -0.497 e. The maximum absolute atomic E-state index is 13.9. The van der Waals surface area contributed by atoms with Crippen LogP contribution in [-0.2, 0) is 20.9 Å². The normalized spacial score (nSPS) is 14.2. The van der Waals surface area contributed by atoms with Gasteiger partial charge >= 0.3 is 0 Å². The molecule has 3 aromatic carbocycles. The zero-order valence-corrected chi connectivity index (χ0v) is 22.4. The minimum atomic E-state index is -0.899. The Morgan fingerprint density at radius 2 is 1.73 bits per heavy atom. The van der Waals surface area contributed by atoms with Crippen LogP contribution in [0, 0.1) is 5.92 Å². The summed E-state index contributed by atoms with van der Waals surface area (Å²) in [6.45, 7) is 3.50. The van der Waals surface area contributed by atoms with E-state index in [1.807, 2.05) is 26.0 Å². The molecule has 2 aliphatic rings.